The highest BCUT2D eigenvalue weighted by Crippen LogP contribution is 2.21. The highest BCUT2D eigenvalue weighted by molar-refractivity contribution is 5.85. The molecule has 0 aliphatic rings. The van der Waals surface area contributed by atoms with Crippen LogP contribution in [0.4, 0.5) is 0 Å². The van der Waals surface area contributed by atoms with Crippen LogP contribution in [0.25, 0.3) is 11.0 Å². The fourth-order valence-electron chi connectivity index (χ4n) is 2.03. The van der Waals surface area contributed by atoms with Gasteiger partial charge >= 0.3 is 5.63 Å². The molecule has 0 amide bonds. The summed E-state index contributed by atoms with van der Waals surface area (Å²) in [5, 5.41) is 0.655. The summed E-state index contributed by atoms with van der Waals surface area (Å²) in [6.45, 7) is 0.448. The van der Waals surface area contributed by atoms with Crippen LogP contribution >= 0.6 is 0 Å². The average Bonchev–Trinajstić information content (AvgIpc) is 2.53. The summed E-state index contributed by atoms with van der Waals surface area (Å²) in [6, 6.07) is 16.4. The Bertz CT molecular complexity index is 834. The van der Waals surface area contributed by atoms with Crippen LogP contribution in [0.1, 0.15) is 15.9 Å². The van der Waals surface area contributed by atoms with Gasteiger partial charge < -0.3 is 9.15 Å². The first-order chi connectivity index (χ1) is 10.3. The topological polar surface area (TPSA) is 56.5 Å². The summed E-state index contributed by atoms with van der Waals surface area (Å²) in [7, 11) is 0. The van der Waals surface area contributed by atoms with Gasteiger partial charge in [-0.3, -0.25) is 4.79 Å². The van der Waals surface area contributed by atoms with Crippen molar-refractivity contribution in [2.75, 3.05) is 0 Å². The number of rotatable bonds is 4. The third kappa shape index (κ3) is 2.84. The van der Waals surface area contributed by atoms with E-state index in [0.717, 1.165) is 5.56 Å². The smallest absolute Gasteiger partial charge is 0.346 e. The average molecular weight is 280 g/mol. The van der Waals surface area contributed by atoms with Crippen molar-refractivity contribution in [2.45, 2.75) is 6.61 Å². The van der Waals surface area contributed by atoms with Crippen molar-refractivity contribution < 1.29 is 13.9 Å². The van der Waals surface area contributed by atoms with Crippen LogP contribution in [0, 0.1) is 0 Å². The van der Waals surface area contributed by atoms with E-state index in [9.17, 15) is 9.59 Å². The Balaban J connectivity index is 1.88. The predicted molar refractivity (Wildman–Crippen MR) is 78.6 cm³/mol. The summed E-state index contributed by atoms with van der Waals surface area (Å²) in [5.74, 6) is 0.650. The number of benzene rings is 2. The van der Waals surface area contributed by atoms with Gasteiger partial charge in [-0.05, 0) is 29.8 Å². The van der Waals surface area contributed by atoms with Gasteiger partial charge in [-0.2, -0.15) is 0 Å². The molecule has 0 aliphatic heterocycles. The van der Waals surface area contributed by atoms with E-state index in [-0.39, 0.29) is 5.56 Å². The minimum atomic E-state index is -0.629. The van der Waals surface area contributed by atoms with Gasteiger partial charge in [0.1, 0.15) is 23.5 Å². The van der Waals surface area contributed by atoms with Crippen LogP contribution in [-0.2, 0) is 6.61 Å². The number of aldehydes is 1. The molecule has 0 aliphatic carbocycles. The minimum absolute atomic E-state index is 0.00251. The quantitative estimate of drug-likeness (QED) is 0.544. The molecule has 2 aromatic carbocycles. The van der Waals surface area contributed by atoms with Gasteiger partial charge in [0.25, 0.3) is 0 Å². The maximum Gasteiger partial charge on any atom is 0.346 e. The van der Waals surface area contributed by atoms with E-state index in [1.54, 1.807) is 18.2 Å². The van der Waals surface area contributed by atoms with Gasteiger partial charge in [0.15, 0.2) is 6.29 Å². The molecule has 0 spiro atoms. The molecule has 1 aromatic heterocycles. The van der Waals surface area contributed by atoms with Gasteiger partial charge in [0, 0.05) is 5.39 Å². The molecule has 21 heavy (non-hydrogen) atoms. The molecule has 1 heterocycles. The van der Waals surface area contributed by atoms with Crippen LogP contribution < -0.4 is 10.4 Å². The van der Waals surface area contributed by atoms with E-state index in [4.69, 9.17) is 9.15 Å². The van der Waals surface area contributed by atoms with E-state index in [2.05, 4.69) is 0 Å². The van der Waals surface area contributed by atoms with E-state index in [1.807, 2.05) is 30.3 Å². The highest BCUT2D eigenvalue weighted by atomic mass is 16.5. The molecule has 0 saturated carbocycles. The van der Waals surface area contributed by atoms with Crippen LogP contribution in [0.15, 0.2) is 63.8 Å². The molecule has 0 atom stereocenters. The molecule has 104 valence electrons. The molecular formula is C17H12O4. The lowest BCUT2D eigenvalue weighted by Crippen LogP contribution is -2.05. The first kappa shape index (κ1) is 13.1. The Morgan fingerprint density at radius 3 is 2.62 bits per heavy atom. The van der Waals surface area contributed by atoms with Crippen LogP contribution in [0.2, 0.25) is 0 Å². The summed E-state index contributed by atoms with van der Waals surface area (Å²) in [6.07, 6.45) is 0.489. The number of hydrogen-bond donors (Lipinski definition) is 0. The first-order valence-electron chi connectivity index (χ1n) is 6.46. The van der Waals surface area contributed by atoms with Gasteiger partial charge in [0.2, 0.25) is 0 Å². The van der Waals surface area contributed by atoms with E-state index < -0.39 is 5.63 Å². The van der Waals surface area contributed by atoms with Crippen molar-refractivity contribution in [2.24, 2.45) is 0 Å². The highest BCUT2D eigenvalue weighted by Gasteiger charge is 2.05. The molecule has 4 heteroatoms. The summed E-state index contributed by atoms with van der Waals surface area (Å²) < 4.78 is 10.8. The number of fused-ring (bicyclic) bond motifs is 1. The maximum absolute atomic E-state index is 11.4. The molecule has 0 saturated heterocycles. The fourth-order valence-corrected chi connectivity index (χ4v) is 2.03. The van der Waals surface area contributed by atoms with Crippen LogP contribution in [-0.4, -0.2) is 6.29 Å². The molecule has 0 radical (unpaired) electrons. The molecular weight excluding hydrogens is 268 g/mol. The van der Waals surface area contributed by atoms with Crippen LogP contribution in [0.3, 0.4) is 0 Å². The predicted octanol–water partition coefficient (Wildman–Crippen LogP) is 3.18. The van der Waals surface area contributed by atoms with Gasteiger partial charge in [-0.15, -0.1) is 0 Å². The number of hydrogen-bond acceptors (Lipinski definition) is 4. The van der Waals surface area contributed by atoms with Gasteiger partial charge in [-0.1, -0.05) is 30.3 Å². The normalized spacial score (nSPS) is 10.5. The second kappa shape index (κ2) is 5.63. The molecule has 0 bridgehead atoms. The van der Waals surface area contributed by atoms with Crippen molar-refractivity contribution in [1.29, 1.82) is 0 Å². The largest absolute Gasteiger partial charge is 0.489 e. The lowest BCUT2D eigenvalue weighted by molar-refractivity contribution is 0.112. The van der Waals surface area contributed by atoms with Gasteiger partial charge in [0.05, 0.1) is 0 Å². The van der Waals surface area contributed by atoms with Crippen molar-refractivity contribution in [3.63, 3.8) is 0 Å². The lowest BCUT2D eigenvalue weighted by Gasteiger charge is -2.07. The SMILES string of the molecule is O=Cc1cc2cc(OCc3ccccc3)ccc2oc1=O. The van der Waals surface area contributed by atoms with E-state index in [1.165, 1.54) is 6.07 Å². The zero-order chi connectivity index (χ0) is 14.7. The minimum Gasteiger partial charge on any atom is -0.489 e. The molecule has 4 nitrogen and oxygen atoms in total. The zero-order valence-corrected chi connectivity index (χ0v) is 11.1. The van der Waals surface area contributed by atoms with Crippen molar-refractivity contribution in [3.05, 3.63) is 76.1 Å². The molecule has 3 rings (SSSR count). The van der Waals surface area contributed by atoms with Crippen molar-refractivity contribution in [3.8, 4) is 5.75 Å². The van der Waals surface area contributed by atoms with Crippen LogP contribution in [0.5, 0.6) is 5.75 Å². The summed E-state index contributed by atoms with van der Waals surface area (Å²) in [5.41, 5.74) is 0.863. The first-order valence-corrected chi connectivity index (χ1v) is 6.46. The van der Waals surface area contributed by atoms with Crippen molar-refractivity contribution >= 4 is 17.3 Å². The zero-order valence-electron chi connectivity index (χ0n) is 11.1. The van der Waals surface area contributed by atoms with E-state index >= 15 is 0 Å². The third-order valence-corrected chi connectivity index (χ3v) is 3.11. The maximum atomic E-state index is 11.4. The number of ether oxygens (including phenoxy) is 1. The summed E-state index contributed by atoms with van der Waals surface area (Å²) >= 11 is 0. The number of carbonyl (C=O) groups is 1. The van der Waals surface area contributed by atoms with E-state index in [0.29, 0.717) is 29.6 Å². The molecule has 0 fully saturated rings. The second-order valence-corrected chi connectivity index (χ2v) is 4.58. The fraction of sp³-hybridized carbons (Fsp3) is 0.0588. The second-order valence-electron chi connectivity index (χ2n) is 4.58. The molecule has 0 N–H and O–H groups in total. The summed E-state index contributed by atoms with van der Waals surface area (Å²) in [4.78, 5) is 22.2. The lowest BCUT2D eigenvalue weighted by atomic mass is 10.2. The Morgan fingerprint density at radius 2 is 1.86 bits per heavy atom. The van der Waals surface area contributed by atoms with Crippen molar-refractivity contribution in [1.82, 2.24) is 0 Å². The number of carbonyl (C=O) groups excluding carboxylic acids is 1. The Labute approximate surface area is 120 Å². The monoisotopic (exact) mass is 280 g/mol. The standard InChI is InChI=1S/C17H12O4/c18-10-14-8-13-9-15(6-7-16(13)21-17(14)19)20-11-12-4-2-1-3-5-12/h1-10H,11H2. The molecule has 0 unspecified atom stereocenters. The Morgan fingerprint density at radius 1 is 1.05 bits per heavy atom. The third-order valence-electron chi connectivity index (χ3n) is 3.11. The Kier molecular flexibility index (Phi) is 3.51. The van der Waals surface area contributed by atoms with Gasteiger partial charge in [-0.25, -0.2) is 4.79 Å². The molecule has 3 aromatic rings. The Hall–Kier alpha value is -2.88.